The first-order chi connectivity index (χ1) is 28.1. The number of carboxylic acid groups (broad SMARTS) is 2. The normalized spacial score (nSPS) is 13.4. The van der Waals surface area contributed by atoms with E-state index in [1.807, 2.05) is 0 Å². The second-order valence-corrected chi connectivity index (χ2v) is 15.5. The van der Waals surface area contributed by atoms with Gasteiger partial charge in [0.1, 0.15) is 29.4 Å². The topological polar surface area (TPSA) is 335 Å². The Morgan fingerprint density at radius 2 is 1.08 bits per heavy atom. The molecule has 0 aliphatic rings. The Morgan fingerprint density at radius 3 is 1.50 bits per heavy atom. The van der Waals surface area contributed by atoms with Crippen molar-refractivity contribution in [2.24, 2.45) is 32.2 Å². The van der Waals surface area contributed by atoms with Crippen LogP contribution in [0.4, 0.5) is 0 Å². The van der Waals surface area contributed by atoms with Gasteiger partial charge in [-0.1, -0.05) is 46.2 Å². The predicted molar refractivity (Wildman–Crippen MR) is 233 cm³/mol. The van der Waals surface area contributed by atoms with Crippen molar-refractivity contribution in [1.29, 1.82) is 5.41 Å². The zero-order chi connectivity index (χ0) is 44.9. The van der Waals surface area contributed by atoms with Crippen LogP contribution in [0.15, 0.2) is 27.1 Å². The van der Waals surface area contributed by atoms with E-state index < -0.39 is 58.5 Å². The van der Waals surface area contributed by atoms with E-state index in [4.69, 9.17) is 32.8 Å². The summed E-state index contributed by atoms with van der Waals surface area (Å²) in [4.78, 5) is 34.6. The number of nitrogens with two attached hydrogens (primary N) is 3. The highest BCUT2D eigenvalue weighted by molar-refractivity contribution is 6.16. The third kappa shape index (κ3) is 9.53. The van der Waals surface area contributed by atoms with Gasteiger partial charge in [-0.3, -0.25) is 20.0 Å². The van der Waals surface area contributed by atoms with Crippen LogP contribution in [0.3, 0.4) is 0 Å². The van der Waals surface area contributed by atoms with Gasteiger partial charge in [0.05, 0.1) is 11.1 Å². The fraction of sp³-hybridized carbons (Fsp3) is 0.395. The van der Waals surface area contributed by atoms with E-state index in [0.717, 1.165) is 12.4 Å². The number of nitrogens with one attached hydrogen (secondary N) is 1. The number of aryl methyl sites for hydroxylation is 2. The van der Waals surface area contributed by atoms with Crippen molar-refractivity contribution in [3.8, 4) is 45.6 Å². The standard InChI is InChI=1S/C43H55N7O10/c1-18(2)29-22-14-20(5)31(37(53)33(22)24(35(51)39(29)55)16-49-28(46)12-8-7-10-26(44)41(57)58)32-21(6)15-23-30(19(3)4)40(56)36(52)25(34(23)38(32)54)17-50-43(47)48-13-9-11-27(45)42(59)60/h14-19,26-27,46,51-56H,7-13,44-45H2,1-6H3,(H2,47,48)(H,57,58)(H,59,60)/t26-,27-/m0/s1. The van der Waals surface area contributed by atoms with Gasteiger partial charge in [-0.05, 0) is 73.3 Å². The molecule has 0 aromatic heterocycles. The number of carboxylic acids is 2. The molecule has 0 saturated carbocycles. The average molecular weight is 830 g/mol. The number of phenols is 6. The lowest BCUT2D eigenvalue weighted by Crippen LogP contribution is -2.30. The number of aliphatic carboxylic acids is 2. The molecule has 60 heavy (non-hydrogen) atoms. The third-order valence-electron chi connectivity index (χ3n) is 10.4. The van der Waals surface area contributed by atoms with Crippen LogP contribution in [-0.2, 0) is 9.59 Å². The number of aromatic hydroxyl groups is 6. The van der Waals surface area contributed by atoms with E-state index in [1.165, 1.54) is 0 Å². The number of aliphatic imine (C=N–C) groups is 3. The van der Waals surface area contributed by atoms with E-state index in [2.05, 4.69) is 15.0 Å². The average Bonchev–Trinajstić information content (AvgIpc) is 3.16. The Kier molecular flexibility index (Phi) is 14.7. The van der Waals surface area contributed by atoms with Crippen LogP contribution in [0.5, 0.6) is 34.5 Å². The molecule has 17 nitrogen and oxygen atoms in total. The summed E-state index contributed by atoms with van der Waals surface area (Å²) < 4.78 is 0. The number of hydrogen-bond donors (Lipinski definition) is 12. The molecule has 0 aliphatic carbocycles. The number of rotatable bonds is 16. The van der Waals surface area contributed by atoms with Crippen molar-refractivity contribution in [3.05, 3.63) is 45.5 Å². The number of guanidine groups is 1. The fourth-order valence-electron chi connectivity index (χ4n) is 7.41. The lowest BCUT2D eigenvalue weighted by molar-refractivity contribution is -0.139. The lowest BCUT2D eigenvalue weighted by Gasteiger charge is -2.23. The largest absolute Gasteiger partial charge is 0.507 e. The maximum absolute atomic E-state index is 12.3. The van der Waals surface area contributed by atoms with Gasteiger partial charge in [-0.25, -0.2) is 9.98 Å². The smallest absolute Gasteiger partial charge is 0.320 e. The SMILES string of the molecule is Cc1cc2c(C(C)C)c(O)c(O)c(C=NC(=N)CCCC[C@H](N)C(=O)O)c2c(O)c1-c1c(C)cc2c(C(C)C)c(O)c(O)c(C=NC(N)=NCCC[C@H](N)C(=O)O)c2c1O. The number of fused-ring (bicyclic) bond motifs is 2. The van der Waals surface area contributed by atoms with E-state index in [9.17, 15) is 40.2 Å². The molecule has 4 aromatic rings. The molecule has 0 aliphatic heterocycles. The molecular weight excluding hydrogens is 775 g/mol. The minimum atomic E-state index is -1.15. The minimum absolute atomic E-state index is 0.0634. The summed E-state index contributed by atoms with van der Waals surface area (Å²) in [5.74, 6) is -6.16. The van der Waals surface area contributed by atoms with Gasteiger partial charge in [0, 0.05) is 58.4 Å². The number of hydrogen-bond acceptors (Lipinski definition) is 12. The highest BCUT2D eigenvalue weighted by Gasteiger charge is 2.29. The van der Waals surface area contributed by atoms with Crippen molar-refractivity contribution < 1.29 is 50.4 Å². The molecule has 0 fully saturated rings. The Hall–Kier alpha value is -6.46. The maximum atomic E-state index is 12.3. The Bertz CT molecular complexity index is 2440. The second-order valence-electron chi connectivity index (χ2n) is 15.5. The molecule has 0 bridgehead atoms. The molecule has 0 unspecified atom stereocenters. The predicted octanol–water partition coefficient (Wildman–Crippen LogP) is 6.05. The molecule has 322 valence electrons. The van der Waals surface area contributed by atoms with Crippen molar-refractivity contribution in [2.45, 2.75) is 104 Å². The van der Waals surface area contributed by atoms with Gasteiger partial charge in [-0.2, -0.15) is 0 Å². The van der Waals surface area contributed by atoms with Crippen molar-refractivity contribution >= 4 is 57.7 Å². The summed E-state index contributed by atoms with van der Waals surface area (Å²) in [6, 6.07) is 1.31. The van der Waals surface area contributed by atoms with Crippen molar-refractivity contribution in [2.75, 3.05) is 6.54 Å². The quantitative estimate of drug-likeness (QED) is 0.0265. The first kappa shape index (κ1) is 46.2. The number of unbranched alkanes of at least 4 members (excludes halogenated alkanes) is 1. The summed E-state index contributed by atoms with van der Waals surface area (Å²) in [5.41, 5.74) is 18.8. The van der Waals surface area contributed by atoms with E-state index in [-0.39, 0.29) is 82.5 Å². The number of amidine groups is 1. The van der Waals surface area contributed by atoms with Crippen LogP contribution in [0.1, 0.15) is 111 Å². The first-order valence-electron chi connectivity index (χ1n) is 19.5. The molecule has 2 atom stereocenters. The van der Waals surface area contributed by atoms with Crippen LogP contribution < -0.4 is 17.2 Å². The van der Waals surface area contributed by atoms with Gasteiger partial charge in [0.25, 0.3) is 0 Å². The van der Waals surface area contributed by atoms with E-state index in [0.29, 0.717) is 52.3 Å². The highest BCUT2D eigenvalue weighted by atomic mass is 16.4. The molecule has 0 spiro atoms. The van der Waals surface area contributed by atoms with E-state index in [1.54, 1.807) is 53.7 Å². The summed E-state index contributed by atoms with van der Waals surface area (Å²) in [7, 11) is 0. The summed E-state index contributed by atoms with van der Waals surface area (Å²) >= 11 is 0. The number of carbonyl (C=O) groups is 2. The third-order valence-corrected chi connectivity index (χ3v) is 10.4. The molecule has 0 amide bonds. The lowest BCUT2D eigenvalue weighted by atomic mass is 9.83. The molecule has 0 radical (unpaired) electrons. The van der Waals surface area contributed by atoms with Crippen LogP contribution in [-0.4, -0.2) is 95.6 Å². The summed E-state index contributed by atoms with van der Waals surface area (Å²) in [5, 5.41) is 97.3. The van der Waals surface area contributed by atoms with Gasteiger partial charge >= 0.3 is 11.9 Å². The number of phenolic OH excluding ortho intramolecular Hbond substituents is 6. The van der Waals surface area contributed by atoms with Gasteiger partial charge in [0.2, 0.25) is 5.96 Å². The summed E-state index contributed by atoms with van der Waals surface area (Å²) in [6.07, 6.45) is 3.96. The van der Waals surface area contributed by atoms with Gasteiger partial charge in [0.15, 0.2) is 23.0 Å². The second kappa shape index (κ2) is 19.1. The highest BCUT2D eigenvalue weighted by Crippen LogP contribution is 2.54. The van der Waals surface area contributed by atoms with Crippen LogP contribution >= 0.6 is 0 Å². The summed E-state index contributed by atoms with van der Waals surface area (Å²) in [6.45, 7) is 10.7. The molecule has 4 aromatic carbocycles. The molecule has 0 heterocycles. The molecule has 17 heteroatoms. The molecule has 15 N–H and O–H groups in total. The Labute approximate surface area is 346 Å². The fourth-order valence-corrected chi connectivity index (χ4v) is 7.41. The molecular formula is C43H55N7O10. The Balaban J connectivity index is 1.97. The van der Waals surface area contributed by atoms with Crippen LogP contribution in [0.25, 0.3) is 32.7 Å². The zero-order valence-electron chi connectivity index (χ0n) is 34.5. The van der Waals surface area contributed by atoms with E-state index >= 15 is 0 Å². The number of nitrogens with zero attached hydrogens (tertiary/aromatic N) is 3. The molecule has 0 saturated heterocycles. The Morgan fingerprint density at radius 1 is 0.667 bits per heavy atom. The van der Waals surface area contributed by atoms with Crippen LogP contribution in [0.2, 0.25) is 0 Å². The molecule has 4 rings (SSSR count). The van der Waals surface area contributed by atoms with Crippen LogP contribution in [0, 0.1) is 19.3 Å². The zero-order valence-corrected chi connectivity index (χ0v) is 34.5. The van der Waals surface area contributed by atoms with Gasteiger partial charge in [-0.15, -0.1) is 0 Å². The van der Waals surface area contributed by atoms with Gasteiger partial charge < -0.3 is 58.1 Å². The maximum Gasteiger partial charge on any atom is 0.320 e. The van der Waals surface area contributed by atoms with Crippen molar-refractivity contribution in [1.82, 2.24) is 0 Å². The van der Waals surface area contributed by atoms with Crippen molar-refractivity contribution in [3.63, 3.8) is 0 Å². The first-order valence-corrected chi connectivity index (χ1v) is 19.5. The minimum Gasteiger partial charge on any atom is -0.507 e. The monoisotopic (exact) mass is 829 g/mol. The number of benzene rings is 4.